The van der Waals surface area contributed by atoms with Crippen molar-refractivity contribution in [2.75, 3.05) is 37.7 Å². The third kappa shape index (κ3) is 5.90. The molecule has 2 N–H and O–H groups in total. The molecule has 2 aromatic carbocycles. The average molecular weight is 560 g/mol. The number of rotatable bonds is 8. The van der Waals surface area contributed by atoms with E-state index in [2.05, 4.69) is 16.3 Å². The number of hydrogen-bond acceptors (Lipinski definition) is 7. The molecule has 0 aliphatic carbocycles. The van der Waals surface area contributed by atoms with Crippen molar-refractivity contribution in [1.82, 2.24) is 19.9 Å². The molecule has 2 fully saturated rings. The van der Waals surface area contributed by atoms with Crippen LogP contribution in [0.3, 0.4) is 0 Å². The topological polar surface area (TPSA) is 92.0 Å². The van der Waals surface area contributed by atoms with Crippen LogP contribution in [0.2, 0.25) is 5.02 Å². The first kappa shape index (κ1) is 26.9. The Morgan fingerprint density at radius 2 is 1.88 bits per heavy atom. The van der Waals surface area contributed by atoms with Gasteiger partial charge in [0.2, 0.25) is 0 Å². The van der Waals surface area contributed by atoms with Crippen molar-refractivity contribution in [3.05, 3.63) is 94.4 Å². The van der Waals surface area contributed by atoms with E-state index in [1.807, 2.05) is 65.3 Å². The Labute approximate surface area is 238 Å². The third-order valence-corrected chi connectivity index (χ3v) is 8.29. The zero-order valence-corrected chi connectivity index (χ0v) is 23.2. The van der Waals surface area contributed by atoms with Gasteiger partial charge in [-0.1, -0.05) is 48.0 Å². The van der Waals surface area contributed by atoms with Crippen molar-refractivity contribution in [2.45, 2.75) is 43.8 Å². The van der Waals surface area contributed by atoms with Crippen molar-refractivity contribution in [3.8, 4) is 0 Å². The molecule has 2 aliphatic heterocycles. The molecule has 4 heterocycles. The fourth-order valence-corrected chi connectivity index (χ4v) is 5.78. The summed E-state index contributed by atoms with van der Waals surface area (Å²) in [5.74, 6) is 0.865. The predicted molar refractivity (Wildman–Crippen MR) is 155 cm³/mol. The molecule has 6 rings (SSSR count). The van der Waals surface area contributed by atoms with Gasteiger partial charge in [-0.25, -0.2) is 9.50 Å². The number of morpholine rings is 1. The van der Waals surface area contributed by atoms with Crippen LogP contribution in [0.25, 0.3) is 5.65 Å². The van der Waals surface area contributed by atoms with Gasteiger partial charge in [0.1, 0.15) is 0 Å². The summed E-state index contributed by atoms with van der Waals surface area (Å²) < 4.78 is 7.53. The fourth-order valence-electron chi connectivity index (χ4n) is 5.66. The summed E-state index contributed by atoms with van der Waals surface area (Å²) in [6, 6.07) is 19.3. The highest BCUT2D eigenvalue weighted by Crippen LogP contribution is 2.35. The summed E-state index contributed by atoms with van der Waals surface area (Å²) >= 11 is 6.04. The number of Topliss-reactive ketones (excluding diaryl/α,β-unsaturated/α-hetero) is 1. The van der Waals surface area contributed by atoms with Crippen LogP contribution in [0.1, 0.15) is 53.0 Å². The van der Waals surface area contributed by atoms with Gasteiger partial charge in [-0.3, -0.25) is 4.79 Å². The van der Waals surface area contributed by atoms with Crippen molar-refractivity contribution < 1.29 is 14.6 Å². The molecular formula is C31H34ClN5O3. The minimum absolute atomic E-state index is 0.114. The van der Waals surface area contributed by atoms with Crippen LogP contribution < -0.4 is 10.2 Å². The predicted octanol–water partition coefficient (Wildman–Crippen LogP) is 4.41. The molecule has 4 aromatic rings. The summed E-state index contributed by atoms with van der Waals surface area (Å²) in [4.78, 5) is 19.8. The maximum absolute atomic E-state index is 12.7. The molecule has 0 bridgehead atoms. The first-order valence-corrected chi connectivity index (χ1v) is 14.4. The van der Waals surface area contributed by atoms with Crippen LogP contribution in [-0.4, -0.2) is 64.4 Å². The second-order valence-corrected chi connectivity index (χ2v) is 11.2. The number of anilines is 1. The third-order valence-electron chi connectivity index (χ3n) is 8.03. The van der Waals surface area contributed by atoms with Crippen LogP contribution in [0.5, 0.6) is 0 Å². The summed E-state index contributed by atoms with van der Waals surface area (Å²) in [6.45, 7) is 3.81. The van der Waals surface area contributed by atoms with E-state index in [-0.39, 0.29) is 11.9 Å². The smallest absolute Gasteiger partial charge is 0.178 e. The largest absolute Gasteiger partial charge is 0.385 e. The van der Waals surface area contributed by atoms with Crippen LogP contribution in [-0.2, 0) is 16.8 Å². The highest BCUT2D eigenvalue weighted by Gasteiger charge is 2.34. The number of halogens is 1. The number of ether oxygens (including phenoxy) is 1. The van der Waals surface area contributed by atoms with Gasteiger partial charge in [0, 0.05) is 55.8 Å². The Balaban J connectivity index is 1.10. The van der Waals surface area contributed by atoms with Crippen LogP contribution in [0, 0.1) is 0 Å². The summed E-state index contributed by atoms with van der Waals surface area (Å²) in [6.07, 6.45) is 5.06. The number of benzene rings is 2. The molecule has 1 unspecified atom stereocenters. The highest BCUT2D eigenvalue weighted by atomic mass is 35.5. The van der Waals surface area contributed by atoms with E-state index in [1.165, 1.54) is 0 Å². The molecule has 9 heteroatoms. The molecule has 208 valence electrons. The first-order chi connectivity index (χ1) is 19.5. The molecule has 2 aromatic heterocycles. The molecule has 0 radical (unpaired) electrons. The Morgan fingerprint density at radius 3 is 2.60 bits per heavy atom. The number of nitrogens with one attached hydrogen (secondary N) is 1. The lowest BCUT2D eigenvalue weighted by Crippen LogP contribution is -2.42. The number of piperidine rings is 1. The lowest BCUT2D eigenvalue weighted by atomic mass is 9.84. The molecule has 0 spiro atoms. The van der Waals surface area contributed by atoms with Crippen LogP contribution in [0.15, 0.2) is 66.9 Å². The lowest BCUT2D eigenvalue weighted by Gasteiger charge is -2.39. The number of pyridine rings is 1. The number of fused-ring (bicyclic) bond motifs is 1. The molecule has 40 heavy (non-hydrogen) atoms. The molecular weight excluding hydrogens is 526 g/mol. The molecule has 2 aliphatic rings. The summed E-state index contributed by atoms with van der Waals surface area (Å²) in [5.41, 5.74) is 3.64. The highest BCUT2D eigenvalue weighted by molar-refractivity contribution is 6.30. The number of carbonyl (C=O) groups excluding carboxylic acids is 1. The second-order valence-electron chi connectivity index (χ2n) is 10.7. The minimum Gasteiger partial charge on any atom is -0.385 e. The number of hydrogen-bond donors (Lipinski definition) is 2. The van der Waals surface area contributed by atoms with Gasteiger partial charge < -0.3 is 20.1 Å². The number of nitrogens with zero attached hydrogens (tertiary/aromatic N) is 4. The average Bonchev–Trinajstić information content (AvgIpc) is 3.40. The van der Waals surface area contributed by atoms with Gasteiger partial charge in [0.15, 0.2) is 17.3 Å². The van der Waals surface area contributed by atoms with E-state index < -0.39 is 5.60 Å². The van der Waals surface area contributed by atoms with Crippen molar-refractivity contribution in [2.24, 2.45) is 0 Å². The summed E-state index contributed by atoms with van der Waals surface area (Å²) in [7, 11) is 0. The maximum atomic E-state index is 12.7. The Kier molecular flexibility index (Phi) is 7.85. The number of carbonyl (C=O) groups is 1. The molecule has 0 saturated carbocycles. The minimum atomic E-state index is -0.862. The Bertz CT molecular complexity index is 1460. The first-order valence-electron chi connectivity index (χ1n) is 14.0. The normalized spacial score (nSPS) is 19.1. The van der Waals surface area contributed by atoms with E-state index in [9.17, 15) is 9.90 Å². The van der Waals surface area contributed by atoms with Gasteiger partial charge in [0.05, 0.1) is 24.0 Å². The van der Waals surface area contributed by atoms with Gasteiger partial charge in [-0.15, -0.1) is 0 Å². The van der Waals surface area contributed by atoms with Crippen LogP contribution in [0.4, 0.5) is 5.69 Å². The standard InChI is InChI=1S/C31H34ClN5O3/c32-25-9-7-24(8-10-25)31(39)13-17-36(18-14-31)27-2-1-16-37-30(27)34-29(35-37)20-22-3-5-23(6-4-22)28(38)12-11-26-21-33-15-19-40-26/h1-10,16,26,33,39H,11-15,17-21H2. The second kappa shape index (κ2) is 11.7. The van der Waals surface area contributed by atoms with E-state index >= 15 is 0 Å². The zero-order valence-electron chi connectivity index (χ0n) is 22.4. The van der Waals surface area contributed by atoms with Crippen molar-refractivity contribution in [3.63, 3.8) is 0 Å². The van der Waals surface area contributed by atoms with E-state index in [0.717, 1.165) is 53.4 Å². The Morgan fingerprint density at radius 1 is 1.10 bits per heavy atom. The van der Waals surface area contributed by atoms with E-state index in [0.29, 0.717) is 50.4 Å². The van der Waals surface area contributed by atoms with E-state index in [4.69, 9.17) is 26.4 Å². The lowest BCUT2D eigenvalue weighted by molar-refractivity contribution is 0.0118. The molecule has 0 amide bonds. The molecule has 8 nitrogen and oxygen atoms in total. The van der Waals surface area contributed by atoms with E-state index in [1.54, 1.807) is 0 Å². The van der Waals surface area contributed by atoms with Gasteiger partial charge in [-0.05, 0) is 54.7 Å². The zero-order chi connectivity index (χ0) is 27.5. The monoisotopic (exact) mass is 559 g/mol. The van der Waals surface area contributed by atoms with Gasteiger partial charge in [0.25, 0.3) is 0 Å². The number of aliphatic hydroxyl groups is 1. The quantitative estimate of drug-likeness (QED) is 0.309. The van der Waals surface area contributed by atoms with Crippen molar-refractivity contribution in [1.29, 1.82) is 0 Å². The number of ketones is 1. The van der Waals surface area contributed by atoms with Gasteiger partial charge in [-0.2, -0.15) is 5.10 Å². The number of aromatic nitrogens is 3. The van der Waals surface area contributed by atoms with Gasteiger partial charge >= 0.3 is 0 Å². The van der Waals surface area contributed by atoms with Crippen LogP contribution >= 0.6 is 11.6 Å². The van der Waals surface area contributed by atoms with Crippen molar-refractivity contribution >= 4 is 28.7 Å². The Hall–Kier alpha value is -3.30. The fraction of sp³-hybridized carbons (Fsp3) is 0.387. The maximum Gasteiger partial charge on any atom is 0.178 e. The molecule has 1 atom stereocenters. The molecule has 2 saturated heterocycles. The summed E-state index contributed by atoms with van der Waals surface area (Å²) in [5, 5.41) is 20.0. The SMILES string of the molecule is O=C(CCC1CNCCO1)c1ccc(Cc2nc3c(N4CCC(O)(c5ccc(Cl)cc5)CC4)cccn3n2)cc1.